The topological polar surface area (TPSA) is 55.4 Å². The Morgan fingerprint density at radius 3 is 2.38 bits per heavy atom. The van der Waals surface area contributed by atoms with E-state index in [2.05, 4.69) is 5.32 Å². The molecule has 132 valence electrons. The summed E-state index contributed by atoms with van der Waals surface area (Å²) < 4.78 is 5.10. The van der Waals surface area contributed by atoms with E-state index in [1.54, 1.807) is 0 Å². The van der Waals surface area contributed by atoms with Crippen molar-refractivity contribution in [1.82, 2.24) is 0 Å². The Balaban J connectivity index is 1.49. The summed E-state index contributed by atoms with van der Waals surface area (Å²) in [5, 5.41) is 4.90. The Bertz CT molecular complexity index is 905. The van der Waals surface area contributed by atoms with E-state index >= 15 is 0 Å². The number of hydrogen-bond donors (Lipinski definition) is 1. The van der Waals surface area contributed by atoms with Crippen molar-refractivity contribution in [3.63, 3.8) is 0 Å². The summed E-state index contributed by atoms with van der Waals surface area (Å²) in [4.78, 5) is 24.0. The maximum Gasteiger partial charge on any atom is 0.306 e. The fourth-order valence-corrected chi connectivity index (χ4v) is 2.82. The normalized spacial score (nSPS) is 11.7. The first kappa shape index (κ1) is 17.7. The Labute approximate surface area is 152 Å². The second kappa shape index (κ2) is 8.30. The Kier molecular flexibility index (Phi) is 5.64. The molecule has 1 atom stereocenters. The van der Waals surface area contributed by atoms with Gasteiger partial charge in [0.2, 0.25) is 0 Å². The van der Waals surface area contributed by atoms with Crippen LogP contribution in [0.1, 0.15) is 24.8 Å². The van der Waals surface area contributed by atoms with Crippen LogP contribution in [-0.4, -0.2) is 18.5 Å². The highest BCUT2D eigenvalue weighted by molar-refractivity contribution is 5.95. The third-order valence-electron chi connectivity index (χ3n) is 4.24. The van der Waals surface area contributed by atoms with Crippen LogP contribution in [0.2, 0.25) is 0 Å². The number of fused-ring (bicyclic) bond motifs is 1. The molecule has 0 aliphatic heterocycles. The van der Waals surface area contributed by atoms with E-state index < -0.39 is 0 Å². The van der Waals surface area contributed by atoms with E-state index in [-0.39, 0.29) is 30.8 Å². The van der Waals surface area contributed by atoms with Crippen molar-refractivity contribution in [2.45, 2.75) is 19.3 Å². The van der Waals surface area contributed by atoms with Crippen molar-refractivity contribution in [3.05, 3.63) is 78.4 Å². The van der Waals surface area contributed by atoms with Crippen LogP contribution in [0.3, 0.4) is 0 Å². The van der Waals surface area contributed by atoms with Gasteiger partial charge in [0.15, 0.2) is 6.61 Å². The number of amides is 1. The van der Waals surface area contributed by atoms with Crippen molar-refractivity contribution in [2.24, 2.45) is 0 Å². The lowest BCUT2D eigenvalue weighted by molar-refractivity contribution is -0.147. The van der Waals surface area contributed by atoms with Crippen LogP contribution < -0.4 is 5.32 Å². The lowest BCUT2D eigenvalue weighted by atomic mass is 9.98. The third-order valence-corrected chi connectivity index (χ3v) is 4.24. The molecule has 0 saturated carbocycles. The number of anilines is 1. The fourth-order valence-electron chi connectivity index (χ4n) is 2.82. The van der Waals surface area contributed by atoms with Crippen LogP contribution >= 0.6 is 0 Å². The lowest BCUT2D eigenvalue weighted by Crippen LogP contribution is -2.21. The molecule has 0 bridgehead atoms. The Hall–Kier alpha value is -3.14. The van der Waals surface area contributed by atoms with E-state index in [0.717, 1.165) is 16.3 Å². The number of benzene rings is 3. The summed E-state index contributed by atoms with van der Waals surface area (Å²) in [6, 6.07) is 23.3. The minimum absolute atomic E-state index is 0.0484. The van der Waals surface area contributed by atoms with E-state index in [4.69, 9.17) is 4.74 Å². The number of esters is 1. The van der Waals surface area contributed by atoms with Gasteiger partial charge in [-0.2, -0.15) is 0 Å². The SMILES string of the molecule is CC(CC(=O)OCC(=O)Nc1ccc2ccccc2c1)c1ccccc1. The number of carbonyl (C=O) groups excluding carboxylic acids is 2. The van der Waals surface area contributed by atoms with Gasteiger partial charge < -0.3 is 10.1 Å². The van der Waals surface area contributed by atoms with Gasteiger partial charge >= 0.3 is 5.97 Å². The molecule has 0 aliphatic carbocycles. The molecule has 0 aliphatic rings. The van der Waals surface area contributed by atoms with Gasteiger partial charge in [-0.25, -0.2) is 0 Å². The van der Waals surface area contributed by atoms with Gasteiger partial charge in [-0.15, -0.1) is 0 Å². The quantitative estimate of drug-likeness (QED) is 0.667. The number of nitrogens with one attached hydrogen (secondary N) is 1. The first-order valence-corrected chi connectivity index (χ1v) is 8.61. The van der Waals surface area contributed by atoms with Crippen molar-refractivity contribution < 1.29 is 14.3 Å². The van der Waals surface area contributed by atoms with Crippen molar-refractivity contribution in [1.29, 1.82) is 0 Å². The number of carbonyl (C=O) groups is 2. The average molecular weight is 347 g/mol. The van der Waals surface area contributed by atoms with Crippen LogP contribution in [0.4, 0.5) is 5.69 Å². The van der Waals surface area contributed by atoms with Gasteiger partial charge in [-0.05, 0) is 34.4 Å². The molecule has 0 radical (unpaired) electrons. The lowest BCUT2D eigenvalue weighted by Gasteiger charge is -2.11. The van der Waals surface area contributed by atoms with Crippen molar-refractivity contribution in [2.75, 3.05) is 11.9 Å². The van der Waals surface area contributed by atoms with Crippen molar-refractivity contribution in [3.8, 4) is 0 Å². The smallest absolute Gasteiger partial charge is 0.306 e. The van der Waals surface area contributed by atoms with Gasteiger partial charge in [-0.1, -0.05) is 67.6 Å². The second-order valence-corrected chi connectivity index (χ2v) is 6.29. The van der Waals surface area contributed by atoms with Crippen LogP contribution in [-0.2, 0) is 14.3 Å². The number of ether oxygens (including phenoxy) is 1. The monoisotopic (exact) mass is 347 g/mol. The molecule has 0 heterocycles. The number of rotatable bonds is 6. The van der Waals surface area contributed by atoms with E-state index in [0.29, 0.717) is 5.69 Å². The predicted molar refractivity (Wildman–Crippen MR) is 103 cm³/mol. The molecule has 0 fully saturated rings. The molecule has 4 nitrogen and oxygen atoms in total. The molecule has 3 aromatic rings. The maximum absolute atomic E-state index is 12.0. The van der Waals surface area contributed by atoms with Gasteiger partial charge in [0.25, 0.3) is 5.91 Å². The second-order valence-electron chi connectivity index (χ2n) is 6.29. The molecule has 26 heavy (non-hydrogen) atoms. The largest absolute Gasteiger partial charge is 0.456 e. The van der Waals surface area contributed by atoms with Gasteiger partial charge in [-0.3, -0.25) is 9.59 Å². The zero-order chi connectivity index (χ0) is 18.4. The van der Waals surface area contributed by atoms with Gasteiger partial charge in [0, 0.05) is 5.69 Å². The highest BCUT2D eigenvalue weighted by atomic mass is 16.5. The first-order chi connectivity index (χ1) is 12.6. The molecular weight excluding hydrogens is 326 g/mol. The minimum atomic E-state index is -0.380. The van der Waals surface area contributed by atoms with E-state index in [1.807, 2.05) is 79.7 Å². The molecule has 1 unspecified atom stereocenters. The minimum Gasteiger partial charge on any atom is -0.456 e. The maximum atomic E-state index is 12.0. The molecule has 1 N–H and O–H groups in total. The summed E-state index contributed by atoms with van der Waals surface area (Å²) in [5.41, 5.74) is 1.76. The molecule has 3 aromatic carbocycles. The zero-order valence-corrected chi connectivity index (χ0v) is 14.6. The fraction of sp³-hybridized carbons (Fsp3) is 0.182. The zero-order valence-electron chi connectivity index (χ0n) is 14.6. The molecule has 3 rings (SSSR count). The summed E-state index contributed by atoms with van der Waals surface area (Å²) in [7, 11) is 0. The number of hydrogen-bond acceptors (Lipinski definition) is 3. The van der Waals surface area contributed by atoms with E-state index in [1.165, 1.54) is 0 Å². The first-order valence-electron chi connectivity index (χ1n) is 8.61. The predicted octanol–water partition coefficient (Wildman–Crippen LogP) is 4.52. The molecule has 0 saturated heterocycles. The van der Waals surface area contributed by atoms with Gasteiger partial charge in [0.05, 0.1) is 6.42 Å². The molecule has 0 aromatic heterocycles. The Morgan fingerprint density at radius 2 is 1.62 bits per heavy atom. The van der Waals surface area contributed by atoms with Crippen molar-refractivity contribution >= 4 is 28.3 Å². The van der Waals surface area contributed by atoms with Crippen LogP contribution in [0, 0.1) is 0 Å². The summed E-state index contributed by atoms with van der Waals surface area (Å²) in [5.74, 6) is -0.678. The molecule has 1 amide bonds. The van der Waals surface area contributed by atoms with Gasteiger partial charge in [0.1, 0.15) is 0 Å². The standard InChI is InChI=1S/C22H21NO3/c1-16(17-7-3-2-4-8-17)13-22(25)26-15-21(24)23-20-12-11-18-9-5-6-10-19(18)14-20/h2-12,14,16H,13,15H2,1H3,(H,23,24). The molecule has 4 heteroatoms. The summed E-state index contributed by atoms with van der Waals surface area (Å²) in [6.07, 6.45) is 0.243. The van der Waals surface area contributed by atoms with Crippen LogP contribution in [0.5, 0.6) is 0 Å². The van der Waals surface area contributed by atoms with Crippen LogP contribution in [0.15, 0.2) is 72.8 Å². The average Bonchev–Trinajstić information content (AvgIpc) is 2.67. The summed E-state index contributed by atoms with van der Waals surface area (Å²) in [6.45, 7) is 1.68. The summed E-state index contributed by atoms with van der Waals surface area (Å²) >= 11 is 0. The third kappa shape index (κ3) is 4.70. The highest BCUT2D eigenvalue weighted by Gasteiger charge is 2.13. The molecule has 0 spiro atoms. The van der Waals surface area contributed by atoms with E-state index in [9.17, 15) is 9.59 Å². The van der Waals surface area contributed by atoms with Crippen LogP contribution in [0.25, 0.3) is 10.8 Å². The molecular formula is C22H21NO3. The highest BCUT2D eigenvalue weighted by Crippen LogP contribution is 2.20. The Morgan fingerprint density at radius 1 is 0.923 bits per heavy atom.